The molecule has 1 aliphatic heterocycles. The average molecular weight is 280 g/mol. The summed E-state index contributed by atoms with van der Waals surface area (Å²) in [6.45, 7) is 1.85. The number of nitrogens with one attached hydrogen (secondary N) is 2. The van der Waals surface area contributed by atoms with Crippen molar-refractivity contribution in [3.63, 3.8) is 0 Å². The van der Waals surface area contributed by atoms with E-state index in [4.69, 9.17) is 4.74 Å². The fraction of sp³-hybridized carbons (Fsp3) is 0.417. The van der Waals surface area contributed by atoms with E-state index in [2.05, 4.69) is 15.5 Å². The maximum Gasteiger partial charge on any atom is 0.356 e. The SMILES string of the molecule is CCC1(c2cn[nH]c2)NC(C(=O)O)=C(OC)C(=O)N1C. The molecule has 1 atom stereocenters. The molecule has 1 aromatic rings. The minimum atomic E-state index is -1.25. The number of carboxylic acids is 1. The molecule has 8 heteroatoms. The lowest BCUT2D eigenvalue weighted by Gasteiger charge is -2.45. The minimum Gasteiger partial charge on any atom is -0.489 e. The Morgan fingerprint density at radius 2 is 2.30 bits per heavy atom. The minimum absolute atomic E-state index is 0.215. The summed E-state index contributed by atoms with van der Waals surface area (Å²) in [5.41, 5.74) is -0.553. The van der Waals surface area contributed by atoms with Gasteiger partial charge >= 0.3 is 5.97 Å². The van der Waals surface area contributed by atoms with Crippen LogP contribution in [-0.4, -0.2) is 46.2 Å². The number of rotatable bonds is 4. The number of carboxylic acid groups (broad SMARTS) is 1. The van der Waals surface area contributed by atoms with Crippen LogP contribution in [-0.2, 0) is 20.0 Å². The average Bonchev–Trinajstić information content (AvgIpc) is 2.96. The molecule has 2 rings (SSSR count). The summed E-state index contributed by atoms with van der Waals surface area (Å²) >= 11 is 0. The van der Waals surface area contributed by atoms with Crippen molar-refractivity contribution in [2.45, 2.75) is 19.0 Å². The zero-order chi connectivity index (χ0) is 14.9. The van der Waals surface area contributed by atoms with Gasteiger partial charge in [0.05, 0.1) is 13.3 Å². The van der Waals surface area contributed by atoms with Crippen molar-refractivity contribution in [3.8, 4) is 0 Å². The zero-order valence-corrected chi connectivity index (χ0v) is 11.4. The molecule has 1 aromatic heterocycles. The Labute approximate surface area is 115 Å². The van der Waals surface area contributed by atoms with Gasteiger partial charge in [-0.15, -0.1) is 0 Å². The second kappa shape index (κ2) is 4.87. The van der Waals surface area contributed by atoms with Crippen LogP contribution >= 0.6 is 0 Å². The molecule has 8 nitrogen and oxygen atoms in total. The molecule has 20 heavy (non-hydrogen) atoms. The molecule has 2 heterocycles. The van der Waals surface area contributed by atoms with Crippen molar-refractivity contribution in [1.82, 2.24) is 20.4 Å². The summed E-state index contributed by atoms with van der Waals surface area (Å²) in [6.07, 6.45) is 3.64. The normalized spacial score (nSPS) is 22.8. The number of nitrogens with zero attached hydrogens (tertiary/aromatic N) is 2. The molecule has 0 spiro atoms. The highest BCUT2D eigenvalue weighted by Crippen LogP contribution is 2.34. The highest BCUT2D eigenvalue weighted by Gasteiger charge is 2.47. The summed E-state index contributed by atoms with van der Waals surface area (Å²) in [5, 5.41) is 18.7. The van der Waals surface area contributed by atoms with E-state index in [-0.39, 0.29) is 11.5 Å². The van der Waals surface area contributed by atoms with Crippen LogP contribution < -0.4 is 5.32 Å². The Bertz CT molecular complexity index is 566. The van der Waals surface area contributed by atoms with Gasteiger partial charge in [0.15, 0.2) is 5.70 Å². The lowest BCUT2D eigenvalue weighted by molar-refractivity contribution is -0.144. The van der Waals surface area contributed by atoms with Gasteiger partial charge in [0.2, 0.25) is 5.76 Å². The van der Waals surface area contributed by atoms with E-state index in [9.17, 15) is 14.7 Å². The van der Waals surface area contributed by atoms with Crippen molar-refractivity contribution in [2.24, 2.45) is 0 Å². The molecule has 0 bridgehead atoms. The molecule has 0 aromatic carbocycles. The van der Waals surface area contributed by atoms with Gasteiger partial charge < -0.3 is 20.1 Å². The predicted octanol–water partition coefficient (Wildman–Crippen LogP) is -0.0233. The van der Waals surface area contributed by atoms with Crippen LogP contribution in [0.25, 0.3) is 0 Å². The molecule has 1 aliphatic rings. The number of ether oxygens (including phenoxy) is 1. The summed E-state index contributed by atoms with van der Waals surface area (Å²) in [6, 6.07) is 0. The monoisotopic (exact) mass is 280 g/mol. The highest BCUT2D eigenvalue weighted by atomic mass is 16.5. The first-order valence-corrected chi connectivity index (χ1v) is 6.05. The molecular weight excluding hydrogens is 264 g/mol. The quantitative estimate of drug-likeness (QED) is 0.715. The van der Waals surface area contributed by atoms with Crippen molar-refractivity contribution in [3.05, 3.63) is 29.4 Å². The van der Waals surface area contributed by atoms with E-state index in [0.29, 0.717) is 12.0 Å². The molecule has 0 fully saturated rings. The number of aromatic nitrogens is 2. The topological polar surface area (TPSA) is 108 Å². The maximum atomic E-state index is 12.4. The zero-order valence-electron chi connectivity index (χ0n) is 11.4. The second-order valence-corrected chi connectivity index (χ2v) is 4.40. The fourth-order valence-corrected chi connectivity index (χ4v) is 2.39. The predicted molar refractivity (Wildman–Crippen MR) is 68.1 cm³/mol. The number of H-pyrrole nitrogens is 1. The number of carbonyl (C=O) groups is 2. The van der Waals surface area contributed by atoms with Gasteiger partial charge in [0.25, 0.3) is 5.91 Å². The number of likely N-dealkylation sites (N-methyl/N-ethyl adjacent to an activating group) is 1. The summed E-state index contributed by atoms with van der Waals surface area (Å²) in [7, 11) is 2.85. The maximum absolute atomic E-state index is 12.4. The van der Waals surface area contributed by atoms with Crippen molar-refractivity contribution >= 4 is 11.9 Å². The molecule has 3 N–H and O–H groups in total. The summed E-state index contributed by atoms with van der Waals surface area (Å²) in [4.78, 5) is 25.1. The van der Waals surface area contributed by atoms with Gasteiger partial charge in [-0.25, -0.2) is 4.79 Å². The van der Waals surface area contributed by atoms with Gasteiger partial charge in [-0.2, -0.15) is 5.10 Å². The van der Waals surface area contributed by atoms with E-state index in [1.54, 1.807) is 19.4 Å². The van der Waals surface area contributed by atoms with Gasteiger partial charge in [-0.3, -0.25) is 9.89 Å². The van der Waals surface area contributed by atoms with Crippen LogP contribution in [0.3, 0.4) is 0 Å². The summed E-state index contributed by atoms with van der Waals surface area (Å²) in [5.74, 6) is -1.95. The number of carbonyl (C=O) groups excluding carboxylic acids is 1. The van der Waals surface area contributed by atoms with Gasteiger partial charge in [0, 0.05) is 18.8 Å². The molecule has 1 amide bonds. The molecule has 0 saturated carbocycles. The standard InChI is InChI=1S/C12H16N4O4/c1-4-12(7-5-13-14-6-7)15-8(11(18)19)9(20-3)10(17)16(12)2/h5-6,15H,4H2,1-3H3,(H,13,14)(H,18,19). The van der Waals surface area contributed by atoms with Gasteiger partial charge in [-0.1, -0.05) is 6.92 Å². The molecule has 0 radical (unpaired) electrons. The van der Waals surface area contributed by atoms with Crippen LogP contribution in [0.2, 0.25) is 0 Å². The number of aliphatic carboxylic acids is 1. The molecule has 108 valence electrons. The largest absolute Gasteiger partial charge is 0.489 e. The van der Waals surface area contributed by atoms with Crippen LogP contribution in [0.1, 0.15) is 18.9 Å². The van der Waals surface area contributed by atoms with E-state index in [1.807, 2.05) is 6.92 Å². The van der Waals surface area contributed by atoms with Crippen LogP contribution in [0.15, 0.2) is 23.8 Å². The first-order valence-electron chi connectivity index (χ1n) is 6.05. The van der Waals surface area contributed by atoms with Gasteiger partial charge in [-0.05, 0) is 6.42 Å². The van der Waals surface area contributed by atoms with Crippen LogP contribution in [0, 0.1) is 0 Å². The Hall–Kier alpha value is -2.51. The van der Waals surface area contributed by atoms with Crippen molar-refractivity contribution < 1.29 is 19.4 Å². The van der Waals surface area contributed by atoms with E-state index in [0.717, 1.165) is 0 Å². The van der Waals surface area contributed by atoms with E-state index < -0.39 is 17.5 Å². The molecule has 0 aliphatic carbocycles. The number of hydrogen-bond acceptors (Lipinski definition) is 5. The Morgan fingerprint density at radius 3 is 2.75 bits per heavy atom. The third-order valence-corrected chi connectivity index (χ3v) is 3.54. The fourth-order valence-electron chi connectivity index (χ4n) is 2.39. The Balaban J connectivity index is 2.60. The van der Waals surface area contributed by atoms with Crippen molar-refractivity contribution in [2.75, 3.05) is 14.2 Å². The highest BCUT2D eigenvalue weighted by molar-refractivity contribution is 6.02. The molecular formula is C12H16N4O4. The molecule has 1 unspecified atom stereocenters. The van der Waals surface area contributed by atoms with E-state index >= 15 is 0 Å². The third kappa shape index (κ3) is 1.80. The number of methoxy groups -OCH3 is 1. The van der Waals surface area contributed by atoms with E-state index in [1.165, 1.54) is 12.0 Å². The molecule has 0 saturated heterocycles. The lowest BCUT2D eigenvalue weighted by Crippen LogP contribution is -2.61. The number of amides is 1. The van der Waals surface area contributed by atoms with Gasteiger partial charge in [0.1, 0.15) is 5.66 Å². The lowest BCUT2D eigenvalue weighted by atomic mass is 9.94. The first kappa shape index (κ1) is 13.9. The number of aromatic amines is 1. The van der Waals surface area contributed by atoms with Crippen LogP contribution in [0.4, 0.5) is 0 Å². The second-order valence-electron chi connectivity index (χ2n) is 4.40. The smallest absolute Gasteiger partial charge is 0.356 e. The Kier molecular flexibility index (Phi) is 3.39. The van der Waals surface area contributed by atoms with Crippen molar-refractivity contribution in [1.29, 1.82) is 0 Å². The summed E-state index contributed by atoms with van der Waals surface area (Å²) < 4.78 is 4.92. The van der Waals surface area contributed by atoms with Crippen LogP contribution in [0.5, 0.6) is 0 Å². The third-order valence-electron chi connectivity index (χ3n) is 3.54. The first-order chi connectivity index (χ1) is 9.47. The Morgan fingerprint density at radius 1 is 1.60 bits per heavy atom. The number of hydrogen-bond donors (Lipinski definition) is 3.